The van der Waals surface area contributed by atoms with Crippen LogP contribution in [0.2, 0.25) is 0 Å². The highest BCUT2D eigenvalue weighted by molar-refractivity contribution is 7.99. The first-order valence-electron chi connectivity index (χ1n) is 5.64. The number of benzene rings is 1. The third kappa shape index (κ3) is 5.54. The van der Waals surface area contributed by atoms with E-state index in [1.54, 1.807) is 0 Å². The monoisotopic (exact) mass is 239 g/mol. The number of nitrogens with zero attached hydrogens (tertiary/aromatic N) is 1. The van der Waals surface area contributed by atoms with Crippen molar-refractivity contribution in [1.82, 2.24) is 4.90 Å². The van der Waals surface area contributed by atoms with E-state index in [4.69, 9.17) is 0 Å². The number of hydrogen-bond donors (Lipinski definition) is 1. The van der Waals surface area contributed by atoms with Crippen LogP contribution in [0.15, 0.2) is 29.2 Å². The maximum Gasteiger partial charge on any atom is 0.0638 e. The van der Waals surface area contributed by atoms with E-state index >= 15 is 0 Å². The van der Waals surface area contributed by atoms with E-state index in [9.17, 15) is 5.11 Å². The van der Waals surface area contributed by atoms with Gasteiger partial charge < -0.3 is 10.0 Å². The first-order valence-corrected chi connectivity index (χ1v) is 6.62. The Labute approximate surface area is 103 Å². The molecule has 1 rings (SSSR count). The standard InChI is InChI=1S/C13H21NOS/c1-11-4-6-13(7-5-11)16-9-8-14(3)10-12(2)15/h4-7,12,15H,8-10H2,1-3H3. The largest absolute Gasteiger partial charge is 0.392 e. The molecule has 1 atom stereocenters. The summed E-state index contributed by atoms with van der Waals surface area (Å²) in [7, 11) is 2.04. The normalized spacial score (nSPS) is 13.1. The molecule has 0 radical (unpaired) electrons. The molecular weight excluding hydrogens is 218 g/mol. The third-order valence-corrected chi connectivity index (χ3v) is 3.33. The Hall–Kier alpha value is -0.510. The number of aliphatic hydroxyl groups is 1. The van der Waals surface area contributed by atoms with Gasteiger partial charge in [-0.05, 0) is 33.0 Å². The van der Waals surface area contributed by atoms with Crippen LogP contribution in [-0.2, 0) is 0 Å². The van der Waals surface area contributed by atoms with Crippen molar-refractivity contribution in [2.75, 3.05) is 25.9 Å². The Balaban J connectivity index is 2.22. The molecule has 3 heteroatoms. The minimum absolute atomic E-state index is 0.241. The van der Waals surface area contributed by atoms with Gasteiger partial charge in [0, 0.05) is 23.7 Å². The average molecular weight is 239 g/mol. The van der Waals surface area contributed by atoms with E-state index < -0.39 is 0 Å². The van der Waals surface area contributed by atoms with Crippen LogP contribution in [0.5, 0.6) is 0 Å². The van der Waals surface area contributed by atoms with Gasteiger partial charge in [-0.2, -0.15) is 0 Å². The molecule has 0 aliphatic heterocycles. The summed E-state index contributed by atoms with van der Waals surface area (Å²) in [5.41, 5.74) is 1.30. The molecule has 16 heavy (non-hydrogen) atoms. The molecular formula is C13H21NOS. The molecule has 1 aromatic carbocycles. The minimum atomic E-state index is -0.241. The number of rotatable bonds is 6. The summed E-state index contributed by atoms with van der Waals surface area (Å²) >= 11 is 1.86. The lowest BCUT2D eigenvalue weighted by atomic mass is 10.2. The summed E-state index contributed by atoms with van der Waals surface area (Å²) in [6, 6.07) is 8.60. The Morgan fingerprint density at radius 1 is 1.31 bits per heavy atom. The van der Waals surface area contributed by atoms with E-state index in [0.29, 0.717) is 0 Å². The lowest BCUT2D eigenvalue weighted by molar-refractivity contribution is 0.145. The Morgan fingerprint density at radius 2 is 1.94 bits per heavy atom. The zero-order valence-corrected chi connectivity index (χ0v) is 11.1. The summed E-state index contributed by atoms with van der Waals surface area (Å²) in [4.78, 5) is 3.47. The maximum absolute atomic E-state index is 9.22. The zero-order chi connectivity index (χ0) is 12.0. The average Bonchev–Trinajstić information content (AvgIpc) is 2.20. The fraction of sp³-hybridized carbons (Fsp3) is 0.538. The maximum atomic E-state index is 9.22. The molecule has 0 saturated heterocycles. The highest BCUT2D eigenvalue weighted by atomic mass is 32.2. The van der Waals surface area contributed by atoms with E-state index in [-0.39, 0.29) is 6.10 Å². The van der Waals surface area contributed by atoms with Crippen LogP contribution in [0.4, 0.5) is 0 Å². The van der Waals surface area contributed by atoms with Crippen LogP contribution in [0.3, 0.4) is 0 Å². The first kappa shape index (κ1) is 13.6. The fourth-order valence-corrected chi connectivity index (χ4v) is 2.46. The molecule has 1 unspecified atom stereocenters. The summed E-state index contributed by atoms with van der Waals surface area (Å²) in [6.45, 7) is 5.67. The number of likely N-dealkylation sites (N-methyl/N-ethyl adjacent to an activating group) is 1. The predicted molar refractivity (Wildman–Crippen MR) is 71.1 cm³/mol. The van der Waals surface area contributed by atoms with Crippen LogP contribution >= 0.6 is 11.8 Å². The van der Waals surface area contributed by atoms with Gasteiger partial charge in [0.25, 0.3) is 0 Å². The van der Waals surface area contributed by atoms with Crippen LogP contribution in [0, 0.1) is 6.92 Å². The topological polar surface area (TPSA) is 23.5 Å². The second kappa shape index (κ2) is 6.94. The molecule has 0 fully saturated rings. The van der Waals surface area contributed by atoms with Crippen molar-refractivity contribution in [3.8, 4) is 0 Å². The molecule has 1 N–H and O–H groups in total. The van der Waals surface area contributed by atoms with Crippen LogP contribution < -0.4 is 0 Å². The second-order valence-electron chi connectivity index (χ2n) is 4.27. The SMILES string of the molecule is Cc1ccc(SCCN(C)CC(C)O)cc1. The van der Waals surface area contributed by atoms with Crippen molar-refractivity contribution < 1.29 is 5.11 Å². The summed E-state index contributed by atoms with van der Waals surface area (Å²) in [5.74, 6) is 1.06. The summed E-state index contributed by atoms with van der Waals surface area (Å²) in [5, 5.41) is 9.22. The van der Waals surface area contributed by atoms with Gasteiger partial charge in [-0.25, -0.2) is 0 Å². The molecule has 90 valence electrons. The van der Waals surface area contributed by atoms with Crippen LogP contribution in [0.25, 0.3) is 0 Å². The smallest absolute Gasteiger partial charge is 0.0638 e. The lowest BCUT2D eigenvalue weighted by Crippen LogP contribution is -2.29. The molecule has 0 saturated carbocycles. The predicted octanol–water partition coefficient (Wildman–Crippen LogP) is 2.40. The van der Waals surface area contributed by atoms with Gasteiger partial charge >= 0.3 is 0 Å². The number of aryl methyl sites for hydroxylation is 1. The quantitative estimate of drug-likeness (QED) is 0.771. The van der Waals surface area contributed by atoms with Crippen LogP contribution in [0.1, 0.15) is 12.5 Å². The van der Waals surface area contributed by atoms with E-state index in [2.05, 4.69) is 36.1 Å². The third-order valence-electron chi connectivity index (χ3n) is 2.34. The van der Waals surface area contributed by atoms with Gasteiger partial charge in [0.15, 0.2) is 0 Å². The van der Waals surface area contributed by atoms with Crippen molar-refractivity contribution in [3.05, 3.63) is 29.8 Å². The van der Waals surface area contributed by atoms with Crippen LogP contribution in [-0.4, -0.2) is 42.0 Å². The molecule has 0 aliphatic rings. The number of aliphatic hydroxyl groups excluding tert-OH is 1. The van der Waals surface area contributed by atoms with E-state index in [0.717, 1.165) is 18.8 Å². The number of thioether (sulfide) groups is 1. The van der Waals surface area contributed by atoms with Crippen molar-refractivity contribution in [2.24, 2.45) is 0 Å². The highest BCUT2D eigenvalue weighted by Crippen LogP contribution is 2.17. The molecule has 0 spiro atoms. The number of hydrogen-bond acceptors (Lipinski definition) is 3. The first-order chi connectivity index (χ1) is 7.58. The zero-order valence-electron chi connectivity index (χ0n) is 10.3. The van der Waals surface area contributed by atoms with Gasteiger partial charge in [-0.15, -0.1) is 11.8 Å². The Bertz CT molecular complexity index is 297. The minimum Gasteiger partial charge on any atom is -0.392 e. The molecule has 0 aliphatic carbocycles. The molecule has 2 nitrogen and oxygen atoms in total. The lowest BCUT2D eigenvalue weighted by Gasteiger charge is -2.17. The molecule has 0 bridgehead atoms. The Morgan fingerprint density at radius 3 is 2.50 bits per heavy atom. The van der Waals surface area contributed by atoms with Gasteiger partial charge in [0.2, 0.25) is 0 Å². The van der Waals surface area contributed by atoms with Gasteiger partial charge in [-0.1, -0.05) is 17.7 Å². The summed E-state index contributed by atoms with van der Waals surface area (Å²) < 4.78 is 0. The van der Waals surface area contributed by atoms with Gasteiger partial charge in [-0.3, -0.25) is 0 Å². The van der Waals surface area contributed by atoms with E-state index in [1.807, 2.05) is 25.7 Å². The van der Waals surface area contributed by atoms with Crippen molar-refractivity contribution in [3.63, 3.8) is 0 Å². The van der Waals surface area contributed by atoms with Gasteiger partial charge in [0.1, 0.15) is 0 Å². The Kier molecular flexibility index (Phi) is 5.88. The van der Waals surface area contributed by atoms with Gasteiger partial charge in [0.05, 0.1) is 6.10 Å². The van der Waals surface area contributed by atoms with Crippen molar-refractivity contribution in [1.29, 1.82) is 0 Å². The van der Waals surface area contributed by atoms with Crippen molar-refractivity contribution >= 4 is 11.8 Å². The molecule has 1 aromatic rings. The second-order valence-corrected chi connectivity index (χ2v) is 5.44. The molecule has 0 heterocycles. The molecule has 0 amide bonds. The summed E-state index contributed by atoms with van der Waals surface area (Å²) in [6.07, 6.45) is -0.241. The van der Waals surface area contributed by atoms with E-state index in [1.165, 1.54) is 10.5 Å². The highest BCUT2D eigenvalue weighted by Gasteiger charge is 2.02. The fourth-order valence-electron chi connectivity index (χ4n) is 1.50. The van der Waals surface area contributed by atoms with Crippen molar-refractivity contribution in [2.45, 2.75) is 24.8 Å². The molecule has 0 aromatic heterocycles.